The molecule has 0 saturated carbocycles. The fourth-order valence-corrected chi connectivity index (χ4v) is 3.24. The number of urea groups is 1. The highest BCUT2D eigenvalue weighted by atomic mass is 32.2. The molecule has 3 aromatic carbocycles. The summed E-state index contributed by atoms with van der Waals surface area (Å²) >= 11 is -2.25. The van der Waals surface area contributed by atoms with E-state index in [-0.39, 0.29) is 6.03 Å². The summed E-state index contributed by atoms with van der Waals surface area (Å²) in [6.45, 7) is 0. The van der Waals surface area contributed by atoms with Gasteiger partial charge in [-0.1, -0.05) is 36.4 Å². The van der Waals surface area contributed by atoms with Crippen LogP contribution in [-0.4, -0.2) is 33.8 Å². The SMILES string of the molecule is CN(C)C(=O)Nc1ccc(N(c2cccc3ccccc23)S(=O)O)cc1. The fourth-order valence-electron chi connectivity index (χ4n) is 2.61. The molecular formula is C19H19N3O3S. The Morgan fingerprint density at radius 3 is 2.27 bits per heavy atom. The van der Waals surface area contributed by atoms with Crippen molar-refractivity contribution in [3.8, 4) is 0 Å². The van der Waals surface area contributed by atoms with Crippen molar-refractivity contribution in [1.29, 1.82) is 0 Å². The van der Waals surface area contributed by atoms with Crippen molar-refractivity contribution in [1.82, 2.24) is 4.90 Å². The third kappa shape index (κ3) is 3.68. The second-order valence-corrected chi connectivity index (χ2v) is 6.72. The molecule has 0 spiro atoms. The Labute approximate surface area is 154 Å². The van der Waals surface area contributed by atoms with E-state index in [1.165, 1.54) is 9.21 Å². The van der Waals surface area contributed by atoms with E-state index < -0.39 is 11.3 Å². The van der Waals surface area contributed by atoms with Crippen LogP contribution in [0.2, 0.25) is 0 Å². The molecule has 0 fully saturated rings. The summed E-state index contributed by atoms with van der Waals surface area (Å²) in [5.74, 6) is 0. The van der Waals surface area contributed by atoms with Gasteiger partial charge < -0.3 is 10.2 Å². The number of amides is 2. The average molecular weight is 369 g/mol. The van der Waals surface area contributed by atoms with Crippen LogP contribution in [0.1, 0.15) is 0 Å². The highest BCUT2D eigenvalue weighted by Crippen LogP contribution is 2.33. The normalized spacial score (nSPS) is 11.8. The number of hydrogen-bond acceptors (Lipinski definition) is 2. The molecule has 0 bridgehead atoms. The lowest BCUT2D eigenvalue weighted by atomic mass is 10.1. The van der Waals surface area contributed by atoms with Crippen molar-refractivity contribution in [2.75, 3.05) is 23.7 Å². The Morgan fingerprint density at radius 1 is 0.962 bits per heavy atom. The molecule has 0 heterocycles. The van der Waals surface area contributed by atoms with Crippen LogP contribution in [0, 0.1) is 0 Å². The molecule has 2 amide bonds. The smallest absolute Gasteiger partial charge is 0.321 e. The molecule has 1 unspecified atom stereocenters. The minimum absolute atomic E-state index is 0.241. The third-order valence-electron chi connectivity index (χ3n) is 3.90. The molecule has 26 heavy (non-hydrogen) atoms. The van der Waals surface area contributed by atoms with Crippen molar-refractivity contribution in [2.24, 2.45) is 0 Å². The predicted octanol–water partition coefficient (Wildman–Crippen LogP) is 4.21. The van der Waals surface area contributed by atoms with Crippen molar-refractivity contribution in [3.05, 3.63) is 66.7 Å². The van der Waals surface area contributed by atoms with Crippen LogP contribution in [0.5, 0.6) is 0 Å². The second-order valence-electron chi connectivity index (χ2n) is 5.89. The molecule has 3 rings (SSSR count). The number of carbonyl (C=O) groups is 1. The van der Waals surface area contributed by atoms with E-state index in [0.29, 0.717) is 17.1 Å². The zero-order valence-corrected chi connectivity index (χ0v) is 15.2. The van der Waals surface area contributed by atoms with Crippen LogP contribution in [0.3, 0.4) is 0 Å². The lowest BCUT2D eigenvalue weighted by Crippen LogP contribution is -2.27. The van der Waals surface area contributed by atoms with Gasteiger partial charge in [0.1, 0.15) is 0 Å². The van der Waals surface area contributed by atoms with Gasteiger partial charge >= 0.3 is 6.03 Å². The molecule has 3 aromatic rings. The maximum atomic E-state index is 12.1. The van der Waals surface area contributed by atoms with Gasteiger partial charge in [-0.25, -0.2) is 13.3 Å². The number of hydrogen-bond donors (Lipinski definition) is 2. The third-order valence-corrected chi connectivity index (χ3v) is 4.62. The van der Waals surface area contributed by atoms with Crippen LogP contribution >= 0.6 is 0 Å². The summed E-state index contributed by atoms with van der Waals surface area (Å²) in [5.41, 5.74) is 1.79. The highest BCUT2D eigenvalue weighted by Gasteiger charge is 2.17. The second kappa shape index (κ2) is 7.55. The molecule has 2 N–H and O–H groups in total. The van der Waals surface area contributed by atoms with Gasteiger partial charge in [0.2, 0.25) is 0 Å². The van der Waals surface area contributed by atoms with Gasteiger partial charge in [-0.05, 0) is 35.7 Å². The summed E-state index contributed by atoms with van der Waals surface area (Å²) in [6.07, 6.45) is 0. The minimum atomic E-state index is -2.25. The quantitative estimate of drug-likeness (QED) is 0.677. The molecular weight excluding hydrogens is 350 g/mol. The lowest BCUT2D eigenvalue weighted by Gasteiger charge is -2.22. The Bertz CT molecular complexity index is 952. The Balaban J connectivity index is 1.98. The maximum absolute atomic E-state index is 12.1. The number of benzene rings is 3. The molecule has 0 aliphatic rings. The number of rotatable bonds is 4. The molecule has 0 aliphatic heterocycles. The van der Waals surface area contributed by atoms with Crippen LogP contribution in [0.25, 0.3) is 10.8 Å². The van der Waals surface area contributed by atoms with E-state index in [0.717, 1.165) is 10.8 Å². The van der Waals surface area contributed by atoms with Crippen molar-refractivity contribution in [3.63, 3.8) is 0 Å². The molecule has 6 nitrogen and oxygen atoms in total. The monoisotopic (exact) mass is 369 g/mol. The van der Waals surface area contributed by atoms with Gasteiger partial charge in [-0.3, -0.25) is 4.55 Å². The largest absolute Gasteiger partial charge is 0.331 e. The molecule has 134 valence electrons. The molecule has 1 atom stereocenters. The highest BCUT2D eigenvalue weighted by molar-refractivity contribution is 7.81. The van der Waals surface area contributed by atoms with Crippen LogP contribution in [0.15, 0.2) is 66.7 Å². The fraction of sp³-hybridized carbons (Fsp3) is 0.105. The van der Waals surface area contributed by atoms with Crippen LogP contribution in [0.4, 0.5) is 21.9 Å². The summed E-state index contributed by atoms with van der Waals surface area (Å²) in [5, 5.41) is 4.60. The molecule has 0 saturated heterocycles. The van der Waals surface area contributed by atoms with Crippen LogP contribution in [-0.2, 0) is 11.3 Å². The molecule has 7 heteroatoms. The summed E-state index contributed by atoms with van der Waals surface area (Å²) in [7, 11) is 3.31. The van der Waals surface area contributed by atoms with Gasteiger partial charge in [-0.15, -0.1) is 0 Å². The van der Waals surface area contributed by atoms with Gasteiger partial charge in [0.05, 0.1) is 11.4 Å². The van der Waals surface area contributed by atoms with E-state index in [9.17, 15) is 13.6 Å². The van der Waals surface area contributed by atoms with E-state index in [2.05, 4.69) is 5.32 Å². The van der Waals surface area contributed by atoms with E-state index >= 15 is 0 Å². The minimum Gasteiger partial charge on any atom is -0.331 e. The van der Waals surface area contributed by atoms with Gasteiger partial charge in [-0.2, -0.15) is 0 Å². The lowest BCUT2D eigenvalue weighted by molar-refractivity contribution is 0.230. The molecule has 0 aliphatic carbocycles. The summed E-state index contributed by atoms with van der Waals surface area (Å²) < 4.78 is 23.3. The first-order valence-corrected chi connectivity index (χ1v) is 9.01. The first kappa shape index (κ1) is 17.9. The van der Waals surface area contributed by atoms with Gasteiger partial charge in [0.15, 0.2) is 0 Å². The molecule has 0 aromatic heterocycles. The van der Waals surface area contributed by atoms with Gasteiger partial charge in [0.25, 0.3) is 11.3 Å². The Hall–Kier alpha value is -2.90. The van der Waals surface area contributed by atoms with E-state index in [1.54, 1.807) is 44.4 Å². The number of nitrogens with one attached hydrogen (secondary N) is 1. The zero-order valence-electron chi connectivity index (χ0n) is 14.4. The number of carbonyl (C=O) groups excluding carboxylic acids is 1. The van der Waals surface area contributed by atoms with Crippen molar-refractivity contribution >= 4 is 45.1 Å². The summed E-state index contributed by atoms with van der Waals surface area (Å²) in [4.78, 5) is 13.2. The average Bonchev–Trinajstić information content (AvgIpc) is 2.63. The van der Waals surface area contributed by atoms with Crippen molar-refractivity contribution in [2.45, 2.75) is 0 Å². The first-order valence-electron chi connectivity index (χ1n) is 7.94. The first-order chi connectivity index (χ1) is 12.5. The number of nitrogens with zero attached hydrogens (tertiary/aromatic N) is 2. The number of anilines is 3. The van der Waals surface area contributed by atoms with Crippen molar-refractivity contribution < 1.29 is 13.6 Å². The van der Waals surface area contributed by atoms with E-state index in [1.807, 2.05) is 36.4 Å². The zero-order chi connectivity index (χ0) is 18.7. The van der Waals surface area contributed by atoms with E-state index in [4.69, 9.17) is 0 Å². The summed E-state index contributed by atoms with van der Waals surface area (Å²) in [6, 6.07) is 19.8. The standard InChI is InChI=1S/C19H19N3O3S/c1-21(2)19(23)20-15-10-12-16(13-11-15)22(26(24)25)18-9-5-7-14-6-3-4-8-17(14)18/h3-13H,1-2H3,(H,20,23)(H,24,25). The topological polar surface area (TPSA) is 72.9 Å². The Morgan fingerprint density at radius 2 is 1.62 bits per heavy atom. The van der Waals surface area contributed by atoms with Gasteiger partial charge in [0, 0.05) is 25.2 Å². The molecule has 0 radical (unpaired) electrons. The maximum Gasteiger partial charge on any atom is 0.321 e. The predicted molar refractivity (Wildman–Crippen MR) is 106 cm³/mol. The Kier molecular flexibility index (Phi) is 5.20. The van der Waals surface area contributed by atoms with Crippen LogP contribution < -0.4 is 9.62 Å². The number of fused-ring (bicyclic) bond motifs is 1.